The van der Waals surface area contributed by atoms with Gasteiger partial charge >= 0.3 is 0 Å². The zero-order valence-electron chi connectivity index (χ0n) is 23.6. The van der Waals surface area contributed by atoms with Gasteiger partial charge in [0, 0.05) is 23.5 Å². The molecule has 6 nitrogen and oxygen atoms in total. The lowest BCUT2D eigenvalue weighted by Crippen LogP contribution is -2.28. The molecule has 0 unspecified atom stereocenters. The van der Waals surface area contributed by atoms with Gasteiger partial charge in [0.25, 0.3) is 5.91 Å². The van der Waals surface area contributed by atoms with Gasteiger partial charge in [0.1, 0.15) is 0 Å². The van der Waals surface area contributed by atoms with Crippen molar-refractivity contribution in [1.29, 1.82) is 5.26 Å². The number of carbonyl (C=O) groups is 1. The standard InChI is InChI=1S/C34H37N3O3S/c1-2-41(39,40)32-15-11-26(12-16-32)33(17-18-35)36-34(38)27-9-13-30(14-10-27)37(22-23-3-4-23)31-20-28(24-5-6-24)19-29(21-31)25-7-8-25/h9-16,19-21,23-25,33H,2-8,17,22H2,1H3,(H,36,38)/t33-/m0/s1. The van der Waals surface area contributed by atoms with E-state index in [9.17, 15) is 18.5 Å². The largest absolute Gasteiger partial charge is 0.344 e. The summed E-state index contributed by atoms with van der Waals surface area (Å²) in [5, 5.41) is 12.4. The van der Waals surface area contributed by atoms with Gasteiger partial charge in [0.2, 0.25) is 0 Å². The minimum absolute atomic E-state index is 0.0203. The highest BCUT2D eigenvalue weighted by Gasteiger charge is 2.31. The van der Waals surface area contributed by atoms with E-state index in [0.29, 0.717) is 28.9 Å². The second-order valence-corrected chi connectivity index (χ2v) is 14.1. The summed E-state index contributed by atoms with van der Waals surface area (Å²) in [6, 6.07) is 23.0. The predicted molar refractivity (Wildman–Crippen MR) is 161 cm³/mol. The maximum absolute atomic E-state index is 13.2. The molecule has 212 valence electrons. The van der Waals surface area contributed by atoms with Crippen LogP contribution in [0, 0.1) is 17.2 Å². The Labute approximate surface area is 243 Å². The molecular weight excluding hydrogens is 530 g/mol. The number of rotatable bonds is 12. The van der Waals surface area contributed by atoms with Crippen LogP contribution in [0.1, 0.15) is 96.8 Å². The maximum Gasteiger partial charge on any atom is 0.251 e. The van der Waals surface area contributed by atoms with E-state index in [2.05, 4.69) is 34.5 Å². The molecule has 3 aromatic carbocycles. The van der Waals surface area contributed by atoms with Crippen LogP contribution in [0.5, 0.6) is 0 Å². The van der Waals surface area contributed by atoms with Gasteiger partial charge in [-0.1, -0.05) is 25.1 Å². The summed E-state index contributed by atoms with van der Waals surface area (Å²) in [7, 11) is -3.32. The predicted octanol–water partition coefficient (Wildman–Crippen LogP) is 7.17. The zero-order chi connectivity index (χ0) is 28.6. The van der Waals surface area contributed by atoms with Crippen LogP contribution in [0.15, 0.2) is 71.6 Å². The number of benzene rings is 3. The summed E-state index contributed by atoms with van der Waals surface area (Å²) in [5.41, 5.74) is 6.53. The van der Waals surface area contributed by atoms with Crippen LogP contribution in [0.25, 0.3) is 0 Å². The average molecular weight is 568 g/mol. The molecule has 0 heterocycles. The van der Waals surface area contributed by atoms with Gasteiger partial charge in [-0.25, -0.2) is 8.42 Å². The number of amides is 1. The number of sulfone groups is 1. The van der Waals surface area contributed by atoms with Crippen molar-refractivity contribution in [1.82, 2.24) is 5.32 Å². The number of hydrogen-bond acceptors (Lipinski definition) is 5. The minimum atomic E-state index is -3.32. The fourth-order valence-corrected chi connectivity index (χ4v) is 6.37. The number of nitriles is 1. The Morgan fingerprint density at radius 3 is 2.02 bits per heavy atom. The van der Waals surface area contributed by atoms with Crippen molar-refractivity contribution >= 4 is 27.1 Å². The summed E-state index contributed by atoms with van der Waals surface area (Å²) in [4.78, 5) is 15.9. The van der Waals surface area contributed by atoms with E-state index >= 15 is 0 Å². The van der Waals surface area contributed by atoms with Crippen molar-refractivity contribution in [2.75, 3.05) is 17.2 Å². The van der Waals surface area contributed by atoms with Crippen LogP contribution < -0.4 is 10.2 Å². The highest BCUT2D eigenvalue weighted by molar-refractivity contribution is 7.91. The Morgan fingerprint density at radius 2 is 1.51 bits per heavy atom. The summed E-state index contributed by atoms with van der Waals surface area (Å²) in [6.45, 7) is 2.59. The van der Waals surface area contributed by atoms with Gasteiger partial charge in [-0.15, -0.1) is 0 Å². The summed E-state index contributed by atoms with van der Waals surface area (Å²) in [5.74, 6) is 1.87. The lowest BCUT2D eigenvalue weighted by Gasteiger charge is -2.27. The number of hydrogen-bond donors (Lipinski definition) is 1. The van der Waals surface area contributed by atoms with Crippen molar-refractivity contribution in [3.63, 3.8) is 0 Å². The second kappa shape index (κ2) is 11.3. The lowest BCUT2D eigenvalue weighted by atomic mass is 10.0. The Morgan fingerprint density at radius 1 is 0.902 bits per heavy atom. The van der Waals surface area contributed by atoms with Crippen molar-refractivity contribution in [2.45, 2.75) is 74.6 Å². The molecule has 0 aromatic heterocycles. The molecule has 3 saturated carbocycles. The molecule has 6 rings (SSSR count). The highest BCUT2D eigenvalue weighted by Crippen LogP contribution is 2.47. The summed E-state index contributed by atoms with van der Waals surface area (Å²) in [6.07, 6.45) is 7.76. The van der Waals surface area contributed by atoms with Crippen molar-refractivity contribution in [3.8, 4) is 6.07 Å². The molecule has 0 spiro atoms. The molecule has 0 bridgehead atoms. The van der Waals surface area contributed by atoms with Crippen molar-refractivity contribution < 1.29 is 13.2 Å². The summed E-state index contributed by atoms with van der Waals surface area (Å²) < 4.78 is 24.3. The molecule has 0 radical (unpaired) electrons. The molecule has 1 amide bonds. The molecule has 41 heavy (non-hydrogen) atoms. The van der Waals surface area contributed by atoms with E-state index in [0.717, 1.165) is 12.2 Å². The first-order valence-corrected chi connectivity index (χ1v) is 16.5. The molecule has 7 heteroatoms. The number of nitrogens with zero attached hydrogens (tertiary/aromatic N) is 2. The van der Waals surface area contributed by atoms with Crippen molar-refractivity contribution in [2.24, 2.45) is 5.92 Å². The quantitative estimate of drug-likeness (QED) is 0.251. The van der Waals surface area contributed by atoms with Gasteiger partial charge in [-0.3, -0.25) is 4.79 Å². The topological polar surface area (TPSA) is 90.3 Å². The first-order valence-electron chi connectivity index (χ1n) is 14.9. The fraction of sp³-hybridized carbons (Fsp3) is 0.412. The van der Waals surface area contributed by atoms with E-state index < -0.39 is 15.9 Å². The highest BCUT2D eigenvalue weighted by atomic mass is 32.2. The van der Waals surface area contributed by atoms with Crippen LogP contribution in [-0.2, 0) is 9.84 Å². The monoisotopic (exact) mass is 567 g/mol. The third-order valence-electron chi connectivity index (χ3n) is 8.57. The van der Waals surface area contributed by atoms with Gasteiger partial charge in [-0.05, 0) is 121 Å². The van der Waals surface area contributed by atoms with Crippen molar-refractivity contribution in [3.05, 3.63) is 89.0 Å². The molecule has 1 N–H and O–H groups in total. The minimum Gasteiger partial charge on any atom is -0.344 e. The van der Waals surface area contributed by atoms with Crippen LogP contribution in [0.4, 0.5) is 11.4 Å². The maximum atomic E-state index is 13.2. The lowest BCUT2D eigenvalue weighted by molar-refractivity contribution is 0.0937. The normalized spacial score (nSPS) is 17.5. The Bertz CT molecular complexity index is 1530. The molecule has 3 aromatic rings. The van der Waals surface area contributed by atoms with Gasteiger partial charge < -0.3 is 10.2 Å². The SMILES string of the molecule is CCS(=O)(=O)c1ccc([C@H](CC#N)NC(=O)c2ccc(N(CC3CC3)c3cc(C4CC4)cc(C4CC4)c3)cc2)cc1. The summed E-state index contributed by atoms with van der Waals surface area (Å²) >= 11 is 0. The third kappa shape index (κ3) is 6.49. The average Bonchev–Trinajstić information content (AvgIpc) is 3.84. The third-order valence-corrected chi connectivity index (χ3v) is 10.3. The van der Waals surface area contributed by atoms with E-state index in [-0.39, 0.29) is 23.0 Å². The molecule has 3 aliphatic carbocycles. The van der Waals surface area contributed by atoms with Gasteiger partial charge in [0.15, 0.2) is 9.84 Å². The Kier molecular flexibility index (Phi) is 7.61. The smallest absolute Gasteiger partial charge is 0.251 e. The van der Waals surface area contributed by atoms with Crippen LogP contribution in [-0.4, -0.2) is 26.6 Å². The number of anilines is 2. The molecule has 0 aliphatic heterocycles. The van der Waals surface area contributed by atoms with E-state index in [4.69, 9.17) is 0 Å². The molecule has 0 saturated heterocycles. The molecule has 3 aliphatic rings. The van der Waals surface area contributed by atoms with E-state index in [1.54, 1.807) is 31.2 Å². The molecule has 3 fully saturated rings. The first kappa shape index (κ1) is 27.5. The van der Waals surface area contributed by atoms with Crippen LogP contribution in [0.3, 0.4) is 0 Å². The molecule has 1 atom stereocenters. The second-order valence-electron chi connectivity index (χ2n) is 11.9. The van der Waals surface area contributed by atoms with E-state index in [1.807, 2.05) is 24.3 Å². The Balaban J connectivity index is 1.21. The Hall–Kier alpha value is -3.63. The van der Waals surface area contributed by atoms with Gasteiger partial charge in [-0.2, -0.15) is 5.26 Å². The number of nitrogens with one attached hydrogen (secondary N) is 1. The van der Waals surface area contributed by atoms with E-state index in [1.165, 1.54) is 55.3 Å². The fourth-order valence-electron chi connectivity index (χ4n) is 5.49. The number of carbonyl (C=O) groups excluding carboxylic acids is 1. The van der Waals surface area contributed by atoms with Gasteiger partial charge in [0.05, 0.1) is 29.2 Å². The van der Waals surface area contributed by atoms with Crippen LogP contribution in [0.2, 0.25) is 0 Å². The first-order chi connectivity index (χ1) is 19.8. The van der Waals surface area contributed by atoms with Crippen LogP contribution >= 0.6 is 0 Å². The zero-order valence-corrected chi connectivity index (χ0v) is 24.4. The molecular formula is C34H37N3O3S.